The van der Waals surface area contributed by atoms with Crippen LogP contribution in [0.3, 0.4) is 0 Å². The van der Waals surface area contributed by atoms with Crippen LogP contribution in [0.1, 0.15) is 96.3 Å². The van der Waals surface area contributed by atoms with Gasteiger partial charge in [0.2, 0.25) is 0 Å². The van der Waals surface area contributed by atoms with E-state index in [2.05, 4.69) is 0 Å². The first-order chi connectivity index (χ1) is 10.8. The van der Waals surface area contributed by atoms with Gasteiger partial charge in [-0.2, -0.15) is 0 Å². The summed E-state index contributed by atoms with van der Waals surface area (Å²) in [7, 11) is 0.801. The van der Waals surface area contributed by atoms with Crippen LogP contribution in [0, 0.1) is 0 Å². The van der Waals surface area contributed by atoms with E-state index in [1.165, 1.54) is 94.3 Å². The Morgan fingerprint density at radius 1 is 0.682 bits per heavy atom. The van der Waals surface area contributed by atoms with E-state index in [1.54, 1.807) is 0 Å². The number of aliphatic carboxylic acids is 1. The average Bonchev–Trinajstić information content (AvgIpc) is 2.52. The molecule has 0 radical (unpaired) electrons. The summed E-state index contributed by atoms with van der Waals surface area (Å²) in [6.45, 7) is 0. The second-order valence-corrected chi connectivity index (χ2v) is 9.27. The van der Waals surface area contributed by atoms with Crippen molar-refractivity contribution >= 4 is 16.9 Å². The van der Waals surface area contributed by atoms with Gasteiger partial charge >= 0.3 is 5.97 Å². The van der Waals surface area contributed by atoms with Gasteiger partial charge in [0.05, 0.1) is 0 Å². The lowest BCUT2D eigenvalue weighted by Crippen LogP contribution is -2.20. The third-order valence-electron chi connectivity index (χ3n) is 4.69. The van der Waals surface area contributed by atoms with E-state index in [9.17, 15) is 4.79 Å². The van der Waals surface area contributed by atoms with E-state index in [4.69, 9.17) is 5.11 Å². The first-order valence-corrected chi connectivity index (χ1v) is 11.4. The summed E-state index contributed by atoms with van der Waals surface area (Å²) in [5.41, 5.74) is 0. The second-order valence-electron chi connectivity index (χ2n) is 6.82. The maximum absolute atomic E-state index is 10.4. The summed E-state index contributed by atoms with van der Waals surface area (Å²) in [4.78, 5) is 10.4. The van der Waals surface area contributed by atoms with Gasteiger partial charge in [-0.25, -0.2) is 0 Å². The number of hydrogen-bond donors (Lipinski definition) is 1. The zero-order chi connectivity index (χ0) is 15.9. The quantitative estimate of drug-likeness (QED) is 0.335. The molecule has 1 heterocycles. The molecule has 22 heavy (non-hydrogen) atoms. The molecule has 1 aliphatic heterocycles. The van der Waals surface area contributed by atoms with Gasteiger partial charge < -0.3 is 5.11 Å². The molecule has 0 amide bonds. The van der Waals surface area contributed by atoms with Crippen molar-refractivity contribution in [3.05, 3.63) is 0 Å². The van der Waals surface area contributed by atoms with Crippen LogP contribution >= 0.6 is 0 Å². The van der Waals surface area contributed by atoms with Crippen LogP contribution in [-0.2, 0) is 15.7 Å². The smallest absolute Gasteiger partial charge is 0.303 e. The Bertz CT molecular complexity index is 262. The summed E-state index contributed by atoms with van der Waals surface area (Å²) < 4.78 is 0. The maximum atomic E-state index is 10.4. The molecule has 0 aromatic carbocycles. The van der Waals surface area contributed by atoms with E-state index >= 15 is 0 Å². The van der Waals surface area contributed by atoms with Gasteiger partial charge in [-0.15, -0.1) is 0 Å². The van der Waals surface area contributed by atoms with E-state index < -0.39 is 5.97 Å². The minimum atomic E-state index is -0.649. The zero-order valence-electron chi connectivity index (χ0n) is 14.5. The molecule has 2 nitrogen and oxygen atoms in total. The Balaban J connectivity index is 1.70. The first-order valence-electron chi connectivity index (χ1n) is 9.65. The van der Waals surface area contributed by atoms with E-state index in [0.717, 1.165) is 23.7 Å². The fourth-order valence-corrected chi connectivity index (χ4v) is 5.72. The third-order valence-corrected chi connectivity index (χ3v) is 7.29. The Morgan fingerprint density at radius 2 is 1.14 bits per heavy atom. The molecule has 0 unspecified atom stereocenters. The van der Waals surface area contributed by atoms with Gasteiger partial charge in [0.15, 0.2) is 0 Å². The Kier molecular flexibility index (Phi) is 13.0. The fourth-order valence-electron chi connectivity index (χ4n) is 3.27. The Hall–Kier alpha value is -0.180. The standard InChI is InChI=1S/C19H36O2S/c20-19(21)15-11-8-6-4-2-1-3-5-7-9-12-16-22-17-13-10-14-18-22/h1-18H2/p+1. The molecule has 0 spiro atoms. The zero-order valence-corrected chi connectivity index (χ0v) is 15.3. The molecule has 0 saturated carbocycles. The minimum Gasteiger partial charge on any atom is -0.481 e. The highest BCUT2D eigenvalue weighted by Gasteiger charge is 2.20. The van der Waals surface area contributed by atoms with Crippen LogP contribution in [0.25, 0.3) is 0 Å². The summed E-state index contributed by atoms with van der Waals surface area (Å²) in [5.74, 6) is 3.94. The maximum Gasteiger partial charge on any atom is 0.303 e. The molecular formula is C19H37O2S+. The molecule has 1 rings (SSSR count). The molecular weight excluding hydrogens is 292 g/mol. The van der Waals surface area contributed by atoms with Crippen LogP contribution in [0.4, 0.5) is 0 Å². The highest BCUT2D eigenvalue weighted by molar-refractivity contribution is 7.96. The van der Waals surface area contributed by atoms with Crippen molar-refractivity contribution in [2.75, 3.05) is 17.3 Å². The van der Waals surface area contributed by atoms with Gasteiger partial charge in [0, 0.05) is 6.42 Å². The third kappa shape index (κ3) is 12.4. The highest BCUT2D eigenvalue weighted by Crippen LogP contribution is 2.16. The van der Waals surface area contributed by atoms with Crippen LogP contribution in [0.2, 0.25) is 0 Å². The van der Waals surface area contributed by atoms with Crippen molar-refractivity contribution in [2.45, 2.75) is 96.3 Å². The normalized spacial score (nSPS) is 16.0. The second kappa shape index (κ2) is 14.4. The van der Waals surface area contributed by atoms with Crippen LogP contribution in [0.15, 0.2) is 0 Å². The SMILES string of the molecule is O=C(O)CCCCCCCCCCCCC[S+]1CCCCC1. The average molecular weight is 330 g/mol. The minimum absolute atomic E-state index is 0.349. The molecule has 1 N–H and O–H groups in total. The van der Waals surface area contributed by atoms with Crippen molar-refractivity contribution in [2.24, 2.45) is 0 Å². The molecule has 0 aromatic rings. The summed E-state index contributed by atoms with van der Waals surface area (Å²) >= 11 is 0. The molecule has 1 aliphatic rings. The molecule has 0 aliphatic carbocycles. The van der Waals surface area contributed by atoms with Gasteiger partial charge in [-0.05, 0) is 49.4 Å². The van der Waals surface area contributed by atoms with Crippen molar-refractivity contribution < 1.29 is 9.90 Å². The van der Waals surface area contributed by atoms with E-state index in [0.29, 0.717) is 6.42 Å². The van der Waals surface area contributed by atoms with Gasteiger partial charge in [0.25, 0.3) is 0 Å². The first kappa shape index (κ1) is 19.9. The van der Waals surface area contributed by atoms with Gasteiger partial charge in [-0.1, -0.05) is 51.4 Å². The van der Waals surface area contributed by atoms with Gasteiger partial charge in [0.1, 0.15) is 17.3 Å². The lowest BCUT2D eigenvalue weighted by atomic mass is 10.1. The van der Waals surface area contributed by atoms with Crippen LogP contribution in [0.5, 0.6) is 0 Å². The van der Waals surface area contributed by atoms with E-state index in [1.807, 2.05) is 0 Å². The Labute approximate surface area is 140 Å². The number of carbonyl (C=O) groups is 1. The molecule has 0 bridgehead atoms. The van der Waals surface area contributed by atoms with Gasteiger partial charge in [-0.3, -0.25) is 4.79 Å². The molecule has 1 saturated heterocycles. The van der Waals surface area contributed by atoms with Crippen molar-refractivity contribution in [3.8, 4) is 0 Å². The molecule has 3 heteroatoms. The Morgan fingerprint density at radius 3 is 1.64 bits per heavy atom. The molecule has 130 valence electrons. The summed E-state index contributed by atoms with van der Waals surface area (Å²) in [5, 5.41) is 8.55. The molecule has 0 aromatic heterocycles. The monoisotopic (exact) mass is 329 g/mol. The van der Waals surface area contributed by atoms with Crippen molar-refractivity contribution in [3.63, 3.8) is 0 Å². The molecule has 0 atom stereocenters. The number of rotatable bonds is 14. The lowest BCUT2D eigenvalue weighted by molar-refractivity contribution is -0.137. The predicted octanol–water partition coefficient (Wildman–Crippen LogP) is 5.55. The lowest BCUT2D eigenvalue weighted by Gasteiger charge is -2.13. The number of hydrogen-bond acceptors (Lipinski definition) is 1. The topological polar surface area (TPSA) is 37.3 Å². The number of carboxylic acid groups (broad SMARTS) is 1. The fraction of sp³-hybridized carbons (Fsp3) is 0.947. The van der Waals surface area contributed by atoms with Crippen molar-refractivity contribution in [1.82, 2.24) is 0 Å². The predicted molar refractivity (Wildman–Crippen MR) is 98.9 cm³/mol. The van der Waals surface area contributed by atoms with E-state index in [-0.39, 0.29) is 0 Å². The van der Waals surface area contributed by atoms with Crippen LogP contribution in [-0.4, -0.2) is 28.3 Å². The van der Waals surface area contributed by atoms with Crippen molar-refractivity contribution in [1.29, 1.82) is 0 Å². The summed E-state index contributed by atoms with van der Waals surface area (Å²) in [6.07, 6.45) is 19.2. The number of carboxylic acids is 1. The summed E-state index contributed by atoms with van der Waals surface area (Å²) in [6, 6.07) is 0. The molecule has 1 fully saturated rings. The largest absolute Gasteiger partial charge is 0.481 e. The number of unbranched alkanes of at least 4 members (excludes halogenated alkanes) is 10. The van der Waals surface area contributed by atoms with Crippen LogP contribution < -0.4 is 0 Å². The highest BCUT2D eigenvalue weighted by atomic mass is 32.2.